The second-order valence-electron chi connectivity index (χ2n) is 7.06. The number of carbonyl (C=O) groups is 3. The molecule has 0 spiro atoms. The van der Waals surface area contributed by atoms with E-state index in [1.807, 2.05) is 48.5 Å². The molecule has 0 radical (unpaired) electrons. The van der Waals surface area contributed by atoms with Gasteiger partial charge in [0.15, 0.2) is 0 Å². The molecule has 6 nitrogen and oxygen atoms in total. The number of aliphatic carboxylic acids is 1. The molecule has 2 aliphatic heterocycles. The van der Waals surface area contributed by atoms with Gasteiger partial charge >= 0.3 is 5.97 Å². The molecular formula is C21H20N2O4. The maximum Gasteiger partial charge on any atom is 0.326 e. The van der Waals surface area contributed by atoms with Crippen molar-refractivity contribution in [3.8, 4) is 0 Å². The quantitative estimate of drug-likeness (QED) is 0.886. The molecule has 2 amide bonds. The fourth-order valence-corrected chi connectivity index (χ4v) is 4.04. The highest BCUT2D eigenvalue weighted by Gasteiger charge is 2.41. The smallest absolute Gasteiger partial charge is 0.326 e. The molecule has 1 N–H and O–H groups in total. The van der Waals surface area contributed by atoms with Crippen molar-refractivity contribution in [3.05, 3.63) is 65.2 Å². The molecule has 0 saturated carbocycles. The lowest BCUT2D eigenvalue weighted by atomic mass is 9.86. The third kappa shape index (κ3) is 2.87. The molecule has 2 heterocycles. The van der Waals surface area contributed by atoms with Crippen LogP contribution in [0.15, 0.2) is 48.5 Å². The molecule has 2 atom stereocenters. The van der Waals surface area contributed by atoms with E-state index in [0.29, 0.717) is 5.69 Å². The van der Waals surface area contributed by atoms with E-state index in [1.54, 1.807) is 11.9 Å². The SMILES string of the molecule is CN1C(=O)C[C@@H](C(=O)N2Cc3ccccc3C[C@H]2C(=O)O)c2ccccc21. The van der Waals surface area contributed by atoms with Gasteiger partial charge in [-0.05, 0) is 22.8 Å². The summed E-state index contributed by atoms with van der Waals surface area (Å²) in [6.07, 6.45) is 0.330. The van der Waals surface area contributed by atoms with Gasteiger partial charge in [0.1, 0.15) is 6.04 Å². The largest absolute Gasteiger partial charge is 0.480 e. The number of hydrogen-bond donors (Lipinski definition) is 1. The van der Waals surface area contributed by atoms with Gasteiger partial charge in [-0.15, -0.1) is 0 Å². The van der Waals surface area contributed by atoms with Crippen LogP contribution in [0.3, 0.4) is 0 Å². The maximum atomic E-state index is 13.4. The number of carboxylic acid groups (broad SMARTS) is 1. The minimum absolute atomic E-state index is 0.0524. The highest BCUT2D eigenvalue weighted by molar-refractivity contribution is 6.03. The van der Waals surface area contributed by atoms with E-state index in [4.69, 9.17) is 0 Å². The van der Waals surface area contributed by atoms with Crippen LogP contribution in [0.1, 0.15) is 29.0 Å². The molecule has 138 valence electrons. The third-order valence-electron chi connectivity index (χ3n) is 5.54. The van der Waals surface area contributed by atoms with Gasteiger partial charge in [-0.2, -0.15) is 0 Å². The summed E-state index contributed by atoms with van der Waals surface area (Å²) in [5, 5.41) is 9.70. The second kappa shape index (κ2) is 6.54. The van der Waals surface area contributed by atoms with Crippen LogP contribution in [0.25, 0.3) is 0 Å². The Bertz CT molecular complexity index is 939. The Morgan fingerprint density at radius 1 is 1.00 bits per heavy atom. The topological polar surface area (TPSA) is 77.9 Å². The van der Waals surface area contributed by atoms with E-state index in [1.165, 1.54) is 4.90 Å². The van der Waals surface area contributed by atoms with E-state index in [2.05, 4.69) is 0 Å². The van der Waals surface area contributed by atoms with Crippen molar-refractivity contribution in [3.63, 3.8) is 0 Å². The van der Waals surface area contributed by atoms with Crippen LogP contribution in [-0.2, 0) is 27.3 Å². The van der Waals surface area contributed by atoms with Crippen molar-refractivity contribution < 1.29 is 19.5 Å². The molecule has 2 aromatic rings. The van der Waals surface area contributed by atoms with Gasteiger partial charge in [0, 0.05) is 32.1 Å². The predicted octanol–water partition coefficient (Wildman–Crippen LogP) is 2.17. The molecular weight excluding hydrogens is 344 g/mol. The summed E-state index contributed by atoms with van der Waals surface area (Å²) in [4.78, 5) is 40.6. The van der Waals surface area contributed by atoms with Crippen molar-refractivity contribution in [1.82, 2.24) is 4.90 Å². The summed E-state index contributed by atoms with van der Waals surface area (Å²) in [6.45, 7) is 0.245. The van der Waals surface area contributed by atoms with E-state index in [9.17, 15) is 19.5 Å². The Labute approximate surface area is 157 Å². The fraction of sp³-hybridized carbons (Fsp3) is 0.286. The van der Waals surface area contributed by atoms with Gasteiger partial charge in [-0.1, -0.05) is 42.5 Å². The summed E-state index contributed by atoms with van der Waals surface area (Å²) < 4.78 is 0. The van der Waals surface area contributed by atoms with Crippen LogP contribution in [0.4, 0.5) is 5.69 Å². The Morgan fingerprint density at radius 3 is 2.41 bits per heavy atom. The number of amides is 2. The van der Waals surface area contributed by atoms with Gasteiger partial charge < -0.3 is 14.9 Å². The standard InChI is InChI=1S/C21H20N2O4/c1-22-17-9-5-4-8-15(17)16(11-19(22)24)20(25)23-12-14-7-3-2-6-13(14)10-18(23)21(26)27/h2-9,16,18H,10-12H2,1H3,(H,26,27)/t16-,18+/m1/s1. The summed E-state index contributed by atoms with van der Waals surface area (Å²) >= 11 is 0. The Morgan fingerprint density at radius 2 is 1.67 bits per heavy atom. The number of carboxylic acids is 1. The average molecular weight is 364 g/mol. The minimum Gasteiger partial charge on any atom is -0.480 e. The molecule has 0 bridgehead atoms. The lowest BCUT2D eigenvalue weighted by Crippen LogP contribution is -2.51. The van der Waals surface area contributed by atoms with Crippen molar-refractivity contribution in [2.24, 2.45) is 0 Å². The van der Waals surface area contributed by atoms with E-state index < -0.39 is 17.9 Å². The number of benzene rings is 2. The van der Waals surface area contributed by atoms with Crippen LogP contribution in [0, 0.1) is 0 Å². The Kier molecular flexibility index (Phi) is 4.18. The van der Waals surface area contributed by atoms with Gasteiger partial charge in [0.25, 0.3) is 0 Å². The normalized spacial score (nSPS) is 21.4. The molecule has 0 aliphatic carbocycles. The van der Waals surface area contributed by atoms with Crippen LogP contribution in [-0.4, -0.2) is 40.9 Å². The summed E-state index contributed by atoms with van der Waals surface area (Å²) in [5.41, 5.74) is 3.38. The summed E-state index contributed by atoms with van der Waals surface area (Å²) in [7, 11) is 1.69. The minimum atomic E-state index is -1.02. The molecule has 2 aliphatic rings. The van der Waals surface area contributed by atoms with Gasteiger partial charge in [0.05, 0.1) is 5.92 Å². The summed E-state index contributed by atoms with van der Waals surface area (Å²) in [5.74, 6) is -2.12. The zero-order chi connectivity index (χ0) is 19.1. The van der Waals surface area contributed by atoms with Crippen molar-refractivity contribution in [2.75, 3.05) is 11.9 Å². The summed E-state index contributed by atoms with van der Waals surface area (Å²) in [6, 6.07) is 14.0. The number of anilines is 1. The molecule has 27 heavy (non-hydrogen) atoms. The van der Waals surface area contributed by atoms with Crippen molar-refractivity contribution in [2.45, 2.75) is 31.3 Å². The zero-order valence-electron chi connectivity index (χ0n) is 15.0. The molecule has 6 heteroatoms. The molecule has 0 saturated heterocycles. The monoisotopic (exact) mass is 364 g/mol. The Balaban J connectivity index is 1.72. The number of rotatable bonds is 2. The fourth-order valence-electron chi connectivity index (χ4n) is 4.04. The number of fused-ring (bicyclic) bond motifs is 2. The first-order valence-corrected chi connectivity index (χ1v) is 8.93. The highest BCUT2D eigenvalue weighted by Crippen LogP contribution is 2.37. The Hall–Kier alpha value is -3.15. The lowest BCUT2D eigenvalue weighted by Gasteiger charge is -2.39. The van der Waals surface area contributed by atoms with Crippen LogP contribution in [0.5, 0.6) is 0 Å². The lowest BCUT2D eigenvalue weighted by molar-refractivity contribution is -0.152. The van der Waals surface area contributed by atoms with Gasteiger partial charge in [-0.25, -0.2) is 4.79 Å². The van der Waals surface area contributed by atoms with E-state index in [-0.39, 0.29) is 31.2 Å². The highest BCUT2D eigenvalue weighted by atomic mass is 16.4. The number of para-hydroxylation sites is 1. The van der Waals surface area contributed by atoms with Crippen LogP contribution in [0.2, 0.25) is 0 Å². The number of nitrogens with zero attached hydrogens (tertiary/aromatic N) is 2. The first-order valence-electron chi connectivity index (χ1n) is 8.93. The number of carbonyl (C=O) groups excluding carboxylic acids is 2. The third-order valence-corrected chi connectivity index (χ3v) is 5.54. The average Bonchev–Trinajstić information content (AvgIpc) is 2.69. The van der Waals surface area contributed by atoms with Gasteiger partial charge in [-0.3, -0.25) is 9.59 Å². The van der Waals surface area contributed by atoms with E-state index >= 15 is 0 Å². The predicted molar refractivity (Wildman–Crippen MR) is 99.3 cm³/mol. The first kappa shape index (κ1) is 17.3. The maximum absolute atomic E-state index is 13.4. The second-order valence-corrected chi connectivity index (χ2v) is 7.06. The van der Waals surface area contributed by atoms with Gasteiger partial charge in [0.2, 0.25) is 11.8 Å². The van der Waals surface area contributed by atoms with Crippen LogP contribution >= 0.6 is 0 Å². The van der Waals surface area contributed by atoms with E-state index in [0.717, 1.165) is 16.7 Å². The zero-order valence-corrected chi connectivity index (χ0v) is 15.0. The molecule has 0 fully saturated rings. The van der Waals surface area contributed by atoms with Crippen molar-refractivity contribution >= 4 is 23.5 Å². The van der Waals surface area contributed by atoms with Crippen LogP contribution < -0.4 is 4.90 Å². The molecule has 2 aromatic carbocycles. The molecule has 0 aromatic heterocycles. The molecule has 0 unspecified atom stereocenters. The number of hydrogen-bond acceptors (Lipinski definition) is 3. The molecule has 4 rings (SSSR count). The van der Waals surface area contributed by atoms with Crippen molar-refractivity contribution in [1.29, 1.82) is 0 Å². The first-order chi connectivity index (χ1) is 13.0.